The van der Waals surface area contributed by atoms with Gasteiger partial charge in [-0.25, -0.2) is 0 Å². The van der Waals surface area contributed by atoms with Gasteiger partial charge in [0.1, 0.15) is 11.2 Å². The SMILES string of the molecule is c1ccc2c(c1)-c1ccc(-n3c4ccccc4c4cc(-c5ccc6c(c5)c5ccccc5n6-c5ccc6oc7ccccc7c6c5)ccc43)cc1C21C2CC3CC(C2)CC1C3.c1ccc2c(c1)-c1ccc(-n3c4ccccc4c4cc(-c5ccc6c(c5)c5ccccc5n6-c5ccc6sc7ccccc7c6c5)ccc43)cc1C21C2CC3CC(C2)CC1C3. The van der Waals surface area contributed by atoms with E-state index in [1.807, 2.05) is 17.4 Å². The van der Waals surface area contributed by atoms with E-state index in [1.165, 1.54) is 233 Å². The molecular formula is C116H84N4OS. The molecule has 2 spiro atoms. The minimum absolute atomic E-state index is 0.142. The lowest BCUT2D eigenvalue weighted by Gasteiger charge is -2.61. The Morgan fingerprint density at radius 2 is 0.525 bits per heavy atom. The normalized spacial score (nSPS) is 22.5. The Morgan fingerprint density at radius 1 is 0.213 bits per heavy atom. The van der Waals surface area contributed by atoms with Crippen molar-refractivity contribution < 1.29 is 4.42 Å². The zero-order valence-electron chi connectivity index (χ0n) is 67.6. The molecule has 10 aliphatic rings. The summed E-state index contributed by atoms with van der Waals surface area (Å²) in [6.45, 7) is 0. The van der Waals surface area contributed by atoms with Crippen LogP contribution < -0.4 is 0 Å². The van der Waals surface area contributed by atoms with Crippen molar-refractivity contribution in [1.29, 1.82) is 0 Å². The summed E-state index contributed by atoms with van der Waals surface area (Å²) in [6.07, 6.45) is 14.1. The van der Waals surface area contributed by atoms with Gasteiger partial charge >= 0.3 is 0 Å². The molecule has 0 saturated heterocycles. The Morgan fingerprint density at radius 3 is 0.959 bits per heavy atom. The third-order valence-electron chi connectivity index (χ3n) is 32.2. The lowest BCUT2D eigenvalue weighted by Crippen LogP contribution is -2.55. The second-order valence-electron chi connectivity index (χ2n) is 37.8. The second kappa shape index (κ2) is 24.7. The molecule has 0 amide bonds. The smallest absolute Gasteiger partial charge is 0.135 e. The summed E-state index contributed by atoms with van der Waals surface area (Å²) in [6, 6.07) is 129. The van der Waals surface area contributed by atoms with Crippen molar-refractivity contribution in [2.45, 2.75) is 75.0 Å². The first-order chi connectivity index (χ1) is 60.4. The predicted octanol–water partition coefficient (Wildman–Crippen LogP) is 30.8. The molecule has 0 radical (unpaired) electrons. The first kappa shape index (κ1) is 67.5. The van der Waals surface area contributed by atoms with Gasteiger partial charge < -0.3 is 22.7 Å². The summed E-state index contributed by atoms with van der Waals surface area (Å²) >= 11 is 1.88. The van der Waals surface area contributed by atoms with E-state index in [4.69, 9.17) is 4.42 Å². The summed E-state index contributed by atoms with van der Waals surface area (Å²) in [7, 11) is 0. The molecule has 122 heavy (non-hydrogen) atoms. The lowest BCUT2D eigenvalue weighted by molar-refractivity contribution is -0.0399. The van der Waals surface area contributed by atoms with E-state index in [9.17, 15) is 0 Å². The molecule has 8 fully saturated rings. The van der Waals surface area contributed by atoms with Gasteiger partial charge in [0.25, 0.3) is 0 Å². The molecule has 16 aromatic carbocycles. The van der Waals surface area contributed by atoms with Crippen LogP contribution in [-0.2, 0) is 10.8 Å². The van der Waals surface area contributed by atoms with Gasteiger partial charge in [0.05, 0.1) is 44.1 Å². The highest BCUT2D eigenvalue weighted by Gasteiger charge is 2.63. The van der Waals surface area contributed by atoms with Crippen LogP contribution in [-0.4, -0.2) is 18.3 Å². The highest BCUT2D eigenvalue weighted by Crippen LogP contribution is 2.72. The zero-order valence-corrected chi connectivity index (χ0v) is 68.4. The Labute approximate surface area is 709 Å². The van der Waals surface area contributed by atoms with Crippen LogP contribution in [0.3, 0.4) is 0 Å². The Balaban J connectivity index is 0.000000123. The molecule has 0 unspecified atom stereocenters. The summed E-state index contributed by atoms with van der Waals surface area (Å²) in [4.78, 5) is 0. The van der Waals surface area contributed by atoms with Crippen LogP contribution in [0.25, 0.3) is 197 Å². The lowest BCUT2D eigenvalue weighted by atomic mass is 9.43. The highest BCUT2D eigenvalue weighted by molar-refractivity contribution is 7.25. The van der Waals surface area contributed by atoms with Crippen molar-refractivity contribution in [2.75, 3.05) is 0 Å². The van der Waals surface area contributed by atoms with Crippen molar-refractivity contribution >= 4 is 141 Å². The van der Waals surface area contributed by atoms with E-state index < -0.39 is 0 Å². The summed E-state index contributed by atoms with van der Waals surface area (Å²) in [5, 5.41) is 15.2. The topological polar surface area (TPSA) is 32.9 Å². The number of para-hydroxylation sites is 5. The van der Waals surface area contributed by atoms with Crippen LogP contribution >= 0.6 is 11.3 Å². The fourth-order valence-corrected chi connectivity index (χ4v) is 29.1. The Bertz CT molecular complexity index is 7800. The molecule has 8 saturated carbocycles. The first-order valence-corrected chi connectivity index (χ1v) is 45.7. The van der Waals surface area contributed by atoms with E-state index in [1.54, 1.807) is 22.3 Å². The minimum Gasteiger partial charge on any atom is -0.456 e. The number of hydrogen-bond acceptors (Lipinski definition) is 2. The van der Waals surface area contributed by atoms with Gasteiger partial charge in [-0.2, -0.15) is 0 Å². The molecule has 5 nitrogen and oxygen atoms in total. The monoisotopic (exact) mass is 1580 g/mol. The third kappa shape index (κ3) is 9.07. The van der Waals surface area contributed by atoms with Crippen LogP contribution in [0.4, 0.5) is 0 Å². The number of rotatable bonds is 6. The van der Waals surface area contributed by atoms with E-state index in [0.29, 0.717) is 0 Å². The molecule has 6 aromatic heterocycles. The maximum atomic E-state index is 6.21. The van der Waals surface area contributed by atoms with Gasteiger partial charge in [0, 0.05) is 108 Å². The highest BCUT2D eigenvalue weighted by atomic mass is 32.1. The molecule has 0 atom stereocenters. The van der Waals surface area contributed by atoms with Crippen molar-refractivity contribution in [3.8, 4) is 67.3 Å². The van der Waals surface area contributed by atoms with Gasteiger partial charge in [-0.1, -0.05) is 194 Å². The molecule has 0 aliphatic heterocycles. The van der Waals surface area contributed by atoms with Gasteiger partial charge in [-0.15, -0.1) is 11.3 Å². The van der Waals surface area contributed by atoms with Gasteiger partial charge in [-0.3, -0.25) is 0 Å². The second-order valence-corrected chi connectivity index (χ2v) is 38.9. The number of thiophene rings is 1. The van der Waals surface area contributed by atoms with Gasteiger partial charge in [-0.05, 0) is 324 Å². The maximum absolute atomic E-state index is 6.21. The van der Waals surface area contributed by atoms with Crippen LogP contribution in [0, 0.1) is 47.3 Å². The third-order valence-corrected chi connectivity index (χ3v) is 33.3. The minimum atomic E-state index is 0.142. The Kier molecular flexibility index (Phi) is 13.7. The molecule has 580 valence electrons. The number of hydrogen-bond donors (Lipinski definition) is 0. The van der Waals surface area contributed by atoms with Crippen LogP contribution in [0.2, 0.25) is 0 Å². The Hall–Kier alpha value is -13.3. The van der Waals surface area contributed by atoms with E-state index in [-0.39, 0.29) is 10.8 Å². The van der Waals surface area contributed by atoms with Crippen LogP contribution in [0.15, 0.2) is 344 Å². The zero-order chi connectivity index (χ0) is 79.1. The summed E-state index contributed by atoms with van der Waals surface area (Å²) in [5.41, 5.74) is 34.3. The molecule has 6 heterocycles. The average Bonchev–Trinajstić information content (AvgIpc) is 1.47. The first-order valence-electron chi connectivity index (χ1n) is 44.8. The quantitative estimate of drug-likeness (QED) is 0.163. The maximum Gasteiger partial charge on any atom is 0.135 e. The molecule has 32 rings (SSSR count). The molecular weight excluding hydrogens is 1500 g/mol. The summed E-state index contributed by atoms with van der Waals surface area (Å²) in [5.74, 6) is 6.70. The van der Waals surface area contributed by atoms with Gasteiger partial charge in [0.15, 0.2) is 0 Å². The van der Waals surface area contributed by atoms with Crippen LogP contribution in [0.5, 0.6) is 0 Å². The standard InChI is InChI=1S/C58H42N2O.C58H42N2S/c2*1-5-13-50-42(9-1)43-21-19-41(33-51(43)58(50)38-26-34-25-35(28-38)29-39(58)27-34)60-53-15-7-3-11-45(53)48-31-37(18-23-55(48)60)36-17-22-54-47(30-36)44-10-2-6-14-52(44)59(54)40-20-24-57-49(32-40)46-12-4-8-16-56(46)61-57/h2*1-24,30-35,38-39H,25-29H2. The van der Waals surface area contributed by atoms with Gasteiger partial charge in [0.2, 0.25) is 0 Å². The number of fused-ring (bicyclic) bond motifs is 24. The largest absolute Gasteiger partial charge is 0.456 e. The molecule has 10 aliphatic carbocycles. The molecule has 8 bridgehead atoms. The van der Waals surface area contributed by atoms with E-state index in [2.05, 4.69) is 352 Å². The number of furan rings is 1. The average molecular weight is 1580 g/mol. The number of nitrogens with zero attached hydrogens (tertiary/aromatic N) is 4. The van der Waals surface area contributed by atoms with E-state index in [0.717, 1.165) is 75.0 Å². The van der Waals surface area contributed by atoms with Crippen molar-refractivity contribution in [2.24, 2.45) is 47.3 Å². The molecule has 6 heteroatoms. The van der Waals surface area contributed by atoms with Crippen molar-refractivity contribution in [1.82, 2.24) is 18.3 Å². The number of aromatic nitrogens is 4. The number of benzene rings is 16. The van der Waals surface area contributed by atoms with E-state index >= 15 is 0 Å². The fourth-order valence-electron chi connectivity index (χ4n) is 28.0. The predicted molar refractivity (Wildman–Crippen MR) is 508 cm³/mol. The van der Waals surface area contributed by atoms with Crippen molar-refractivity contribution in [3.63, 3.8) is 0 Å². The van der Waals surface area contributed by atoms with Crippen molar-refractivity contribution in [3.05, 3.63) is 362 Å². The molecule has 22 aromatic rings. The molecule has 0 N–H and O–H groups in total. The van der Waals surface area contributed by atoms with Crippen LogP contribution in [0.1, 0.15) is 86.5 Å². The summed E-state index contributed by atoms with van der Waals surface area (Å²) < 4.78 is 18.9. The fraction of sp³-hybridized carbons (Fsp3) is 0.172.